The molecule has 0 nitrogen and oxygen atoms in total. The molecule has 0 spiro atoms. The van der Waals surface area contributed by atoms with Gasteiger partial charge >= 0.3 is 0 Å². The van der Waals surface area contributed by atoms with Gasteiger partial charge < -0.3 is 0 Å². The SMILES string of the molecule is C=Cc1cccc(C#CCBr)c1. The highest BCUT2D eigenvalue weighted by Gasteiger charge is 1.86. The van der Waals surface area contributed by atoms with Crippen molar-refractivity contribution in [1.29, 1.82) is 0 Å². The molecule has 1 aromatic carbocycles. The van der Waals surface area contributed by atoms with Crippen LogP contribution in [-0.4, -0.2) is 5.33 Å². The average molecular weight is 221 g/mol. The molecule has 1 aromatic rings. The summed E-state index contributed by atoms with van der Waals surface area (Å²) < 4.78 is 0. The number of halogens is 1. The Morgan fingerprint density at radius 1 is 1.50 bits per heavy atom. The molecule has 0 radical (unpaired) electrons. The molecule has 0 unspecified atom stereocenters. The van der Waals surface area contributed by atoms with Gasteiger partial charge in [-0.2, -0.15) is 0 Å². The van der Waals surface area contributed by atoms with E-state index in [0.29, 0.717) is 5.33 Å². The average Bonchev–Trinajstić information content (AvgIpc) is 2.15. The first-order chi connectivity index (χ1) is 5.86. The molecule has 0 saturated heterocycles. The molecule has 0 aliphatic rings. The fourth-order valence-electron chi connectivity index (χ4n) is 0.879. The highest BCUT2D eigenvalue weighted by atomic mass is 79.9. The predicted molar refractivity (Wildman–Crippen MR) is 57.2 cm³/mol. The molecule has 12 heavy (non-hydrogen) atoms. The normalized spacial score (nSPS) is 8.42. The van der Waals surface area contributed by atoms with Crippen molar-refractivity contribution in [3.05, 3.63) is 42.0 Å². The Bertz CT molecular complexity index is 328. The number of hydrogen-bond donors (Lipinski definition) is 0. The number of hydrogen-bond acceptors (Lipinski definition) is 0. The van der Waals surface area contributed by atoms with Crippen LogP contribution in [0.1, 0.15) is 11.1 Å². The summed E-state index contributed by atoms with van der Waals surface area (Å²) in [5.74, 6) is 5.97. The molecule has 0 aliphatic carbocycles. The Hall–Kier alpha value is -1.00. The summed E-state index contributed by atoms with van der Waals surface area (Å²) in [6.45, 7) is 3.69. The van der Waals surface area contributed by atoms with Crippen molar-refractivity contribution in [3.63, 3.8) is 0 Å². The van der Waals surface area contributed by atoms with Crippen molar-refractivity contribution in [2.24, 2.45) is 0 Å². The van der Waals surface area contributed by atoms with Crippen molar-refractivity contribution >= 4 is 22.0 Å². The lowest BCUT2D eigenvalue weighted by Crippen LogP contribution is -1.76. The fraction of sp³-hybridized carbons (Fsp3) is 0.0909. The molecule has 0 aromatic heterocycles. The molecule has 1 heteroatoms. The van der Waals surface area contributed by atoms with Crippen LogP contribution in [-0.2, 0) is 0 Å². The molecule has 0 bridgehead atoms. The molecular formula is C11H9Br. The summed E-state index contributed by atoms with van der Waals surface area (Å²) in [5, 5.41) is 0.714. The second-order valence-corrected chi connectivity index (χ2v) is 2.83. The Kier molecular flexibility index (Phi) is 3.63. The van der Waals surface area contributed by atoms with E-state index in [0.717, 1.165) is 11.1 Å². The Morgan fingerprint density at radius 3 is 3.00 bits per heavy atom. The predicted octanol–water partition coefficient (Wildman–Crippen LogP) is 3.08. The van der Waals surface area contributed by atoms with Gasteiger partial charge in [0.15, 0.2) is 0 Å². The lowest BCUT2D eigenvalue weighted by atomic mass is 10.1. The Labute approximate surface area is 81.4 Å². The highest BCUT2D eigenvalue weighted by molar-refractivity contribution is 9.09. The molecule has 0 saturated carbocycles. The highest BCUT2D eigenvalue weighted by Crippen LogP contribution is 2.04. The topological polar surface area (TPSA) is 0 Å². The minimum atomic E-state index is 0.714. The van der Waals surface area contributed by atoms with Crippen LogP contribution >= 0.6 is 15.9 Å². The van der Waals surface area contributed by atoms with Crippen LogP contribution in [0.5, 0.6) is 0 Å². The third-order valence-corrected chi connectivity index (χ3v) is 1.70. The summed E-state index contributed by atoms with van der Waals surface area (Å²) in [4.78, 5) is 0. The minimum Gasteiger partial charge on any atom is -0.0985 e. The molecular weight excluding hydrogens is 212 g/mol. The van der Waals surface area contributed by atoms with Crippen LogP contribution in [0, 0.1) is 11.8 Å². The van der Waals surface area contributed by atoms with Gasteiger partial charge in [-0.15, -0.1) is 0 Å². The quantitative estimate of drug-likeness (QED) is 0.505. The molecule has 0 heterocycles. The summed E-state index contributed by atoms with van der Waals surface area (Å²) >= 11 is 3.25. The first kappa shape index (κ1) is 9.09. The second-order valence-electron chi connectivity index (χ2n) is 2.26. The van der Waals surface area contributed by atoms with E-state index in [2.05, 4.69) is 34.3 Å². The Balaban J connectivity index is 2.93. The van der Waals surface area contributed by atoms with E-state index in [1.54, 1.807) is 0 Å². The maximum Gasteiger partial charge on any atom is 0.0649 e. The van der Waals surface area contributed by atoms with Crippen molar-refractivity contribution in [3.8, 4) is 11.8 Å². The van der Waals surface area contributed by atoms with E-state index in [-0.39, 0.29) is 0 Å². The lowest BCUT2D eigenvalue weighted by molar-refractivity contribution is 1.61. The summed E-state index contributed by atoms with van der Waals surface area (Å²) in [6.07, 6.45) is 1.82. The molecule has 0 N–H and O–H groups in total. The molecule has 0 fully saturated rings. The molecule has 0 aliphatic heterocycles. The second kappa shape index (κ2) is 4.79. The number of rotatable bonds is 1. The smallest absolute Gasteiger partial charge is 0.0649 e. The third kappa shape index (κ3) is 2.56. The van der Waals surface area contributed by atoms with Crippen molar-refractivity contribution in [2.45, 2.75) is 0 Å². The van der Waals surface area contributed by atoms with Gasteiger partial charge in [0, 0.05) is 5.56 Å². The van der Waals surface area contributed by atoms with Crippen molar-refractivity contribution in [2.75, 3.05) is 5.33 Å². The van der Waals surface area contributed by atoms with Gasteiger partial charge in [-0.3, -0.25) is 0 Å². The molecule has 0 amide bonds. The zero-order valence-corrected chi connectivity index (χ0v) is 8.26. The first-order valence-electron chi connectivity index (χ1n) is 3.64. The maximum absolute atomic E-state index is 3.69. The number of alkyl halides is 1. The van der Waals surface area contributed by atoms with Crippen LogP contribution < -0.4 is 0 Å². The molecule has 60 valence electrons. The van der Waals surface area contributed by atoms with Gasteiger partial charge in [0.2, 0.25) is 0 Å². The van der Waals surface area contributed by atoms with Crippen LogP contribution in [0.25, 0.3) is 6.08 Å². The lowest BCUT2D eigenvalue weighted by Gasteiger charge is -1.92. The first-order valence-corrected chi connectivity index (χ1v) is 4.76. The van der Waals surface area contributed by atoms with Crippen molar-refractivity contribution in [1.82, 2.24) is 0 Å². The van der Waals surface area contributed by atoms with E-state index in [9.17, 15) is 0 Å². The van der Waals surface area contributed by atoms with Gasteiger partial charge in [0.1, 0.15) is 0 Å². The van der Waals surface area contributed by atoms with E-state index in [1.807, 2.05) is 30.3 Å². The number of benzene rings is 1. The van der Waals surface area contributed by atoms with Gasteiger partial charge in [0.05, 0.1) is 5.33 Å². The largest absolute Gasteiger partial charge is 0.0985 e. The van der Waals surface area contributed by atoms with Gasteiger partial charge in [-0.25, -0.2) is 0 Å². The fourth-order valence-corrected chi connectivity index (χ4v) is 1.02. The summed E-state index contributed by atoms with van der Waals surface area (Å²) in [7, 11) is 0. The summed E-state index contributed by atoms with van der Waals surface area (Å²) in [6, 6.07) is 7.99. The van der Waals surface area contributed by atoms with Crippen LogP contribution in [0.4, 0.5) is 0 Å². The van der Waals surface area contributed by atoms with Gasteiger partial charge in [0.25, 0.3) is 0 Å². The van der Waals surface area contributed by atoms with E-state index >= 15 is 0 Å². The Morgan fingerprint density at radius 2 is 2.33 bits per heavy atom. The minimum absolute atomic E-state index is 0.714. The van der Waals surface area contributed by atoms with Crippen LogP contribution in [0.3, 0.4) is 0 Å². The van der Waals surface area contributed by atoms with E-state index in [4.69, 9.17) is 0 Å². The van der Waals surface area contributed by atoms with Gasteiger partial charge in [-0.05, 0) is 17.7 Å². The maximum atomic E-state index is 3.69. The monoisotopic (exact) mass is 220 g/mol. The standard InChI is InChI=1S/C11H9Br/c1-2-10-5-3-6-11(9-10)7-4-8-12/h2-3,5-6,9H,1,8H2. The third-order valence-electron chi connectivity index (χ3n) is 1.42. The van der Waals surface area contributed by atoms with E-state index < -0.39 is 0 Å². The molecule has 1 rings (SSSR count). The van der Waals surface area contributed by atoms with Crippen molar-refractivity contribution < 1.29 is 0 Å². The van der Waals surface area contributed by atoms with E-state index in [1.165, 1.54) is 0 Å². The summed E-state index contributed by atoms with van der Waals surface area (Å²) in [5.41, 5.74) is 2.14. The van der Waals surface area contributed by atoms with Crippen LogP contribution in [0.15, 0.2) is 30.8 Å². The molecule has 0 atom stereocenters. The zero-order valence-electron chi connectivity index (χ0n) is 6.68. The van der Waals surface area contributed by atoms with Gasteiger partial charge in [-0.1, -0.05) is 52.6 Å². The van der Waals surface area contributed by atoms with Crippen LogP contribution in [0.2, 0.25) is 0 Å². The zero-order chi connectivity index (χ0) is 8.81.